The number of aromatic nitrogens is 2. The van der Waals surface area contributed by atoms with Crippen molar-refractivity contribution in [3.63, 3.8) is 0 Å². The summed E-state index contributed by atoms with van der Waals surface area (Å²) >= 11 is 0. The lowest BCUT2D eigenvalue weighted by atomic mass is 10.3. The van der Waals surface area contributed by atoms with E-state index in [9.17, 15) is 4.79 Å². The summed E-state index contributed by atoms with van der Waals surface area (Å²) in [6.45, 7) is 6.50. The third kappa shape index (κ3) is 3.43. The van der Waals surface area contributed by atoms with Gasteiger partial charge in [0.05, 0.1) is 0 Å². The molecule has 2 rings (SSSR count). The Bertz CT molecular complexity index is 461. The third-order valence-corrected chi connectivity index (χ3v) is 3.51. The molecule has 0 radical (unpaired) electrons. The molecule has 1 aromatic rings. The summed E-state index contributed by atoms with van der Waals surface area (Å²) in [4.78, 5) is 24.4. The van der Waals surface area contributed by atoms with Gasteiger partial charge in [-0.1, -0.05) is 6.92 Å². The average Bonchev–Trinajstić information content (AvgIpc) is 2.80. The zero-order chi connectivity index (χ0) is 13.8. The van der Waals surface area contributed by atoms with Crippen LogP contribution in [0.4, 0.5) is 5.82 Å². The molecule has 1 fully saturated rings. The molecule has 5 heteroatoms. The van der Waals surface area contributed by atoms with Crippen molar-refractivity contribution in [3.8, 4) is 0 Å². The van der Waals surface area contributed by atoms with Gasteiger partial charge in [0, 0.05) is 44.9 Å². The first-order valence-corrected chi connectivity index (χ1v) is 6.93. The zero-order valence-corrected chi connectivity index (χ0v) is 12.0. The van der Waals surface area contributed by atoms with Gasteiger partial charge in [-0.3, -0.25) is 4.79 Å². The number of anilines is 1. The fraction of sp³-hybridized carbons (Fsp3) is 0.643. The lowest BCUT2D eigenvalue weighted by molar-refractivity contribution is -0.127. The van der Waals surface area contributed by atoms with E-state index < -0.39 is 0 Å². The summed E-state index contributed by atoms with van der Waals surface area (Å²) in [7, 11) is 2.02. The van der Waals surface area contributed by atoms with Crippen LogP contribution in [0.5, 0.6) is 0 Å². The molecule has 5 nitrogen and oxygen atoms in total. The van der Waals surface area contributed by atoms with Crippen LogP contribution in [0.1, 0.15) is 31.3 Å². The topological polar surface area (TPSA) is 49.3 Å². The first-order valence-electron chi connectivity index (χ1n) is 6.93. The third-order valence-electron chi connectivity index (χ3n) is 3.51. The number of carbonyl (C=O) groups is 1. The van der Waals surface area contributed by atoms with Gasteiger partial charge in [0.2, 0.25) is 5.91 Å². The van der Waals surface area contributed by atoms with Crippen molar-refractivity contribution in [2.75, 3.05) is 31.6 Å². The molecular formula is C14H22N4O. The molecular weight excluding hydrogens is 240 g/mol. The Hall–Kier alpha value is -1.65. The second-order valence-electron chi connectivity index (χ2n) is 5.02. The number of rotatable bonds is 5. The predicted octanol–water partition coefficient (Wildman–Crippen LogP) is 1.41. The number of aryl methyl sites for hydroxylation is 2. The molecule has 2 heterocycles. The molecule has 1 aromatic heterocycles. The lowest BCUT2D eigenvalue weighted by Crippen LogP contribution is -2.34. The highest BCUT2D eigenvalue weighted by Gasteiger charge is 2.20. The van der Waals surface area contributed by atoms with Crippen LogP contribution in [0.15, 0.2) is 6.07 Å². The number of nitrogens with zero attached hydrogens (tertiary/aromatic N) is 4. The van der Waals surface area contributed by atoms with Crippen molar-refractivity contribution >= 4 is 11.7 Å². The van der Waals surface area contributed by atoms with Crippen LogP contribution in [0.2, 0.25) is 0 Å². The SMILES string of the molecule is CCc1cc(N(C)CCN2CCCC2=O)nc(C)n1. The molecule has 1 amide bonds. The van der Waals surface area contributed by atoms with Gasteiger partial charge in [0.15, 0.2) is 0 Å². The van der Waals surface area contributed by atoms with E-state index in [0.29, 0.717) is 6.42 Å². The Morgan fingerprint density at radius 3 is 2.84 bits per heavy atom. The van der Waals surface area contributed by atoms with E-state index in [1.807, 2.05) is 24.9 Å². The van der Waals surface area contributed by atoms with Crippen LogP contribution in [-0.4, -0.2) is 47.5 Å². The van der Waals surface area contributed by atoms with Gasteiger partial charge in [-0.25, -0.2) is 9.97 Å². The average molecular weight is 262 g/mol. The van der Waals surface area contributed by atoms with E-state index in [2.05, 4.69) is 21.8 Å². The highest BCUT2D eigenvalue weighted by atomic mass is 16.2. The van der Waals surface area contributed by atoms with Gasteiger partial charge in [-0.15, -0.1) is 0 Å². The Balaban J connectivity index is 1.97. The number of amides is 1. The fourth-order valence-electron chi connectivity index (χ4n) is 2.31. The molecule has 1 saturated heterocycles. The standard InChI is InChI=1S/C14H22N4O/c1-4-12-10-13(16-11(2)15-12)17(3)8-9-18-7-5-6-14(18)19/h10H,4-9H2,1-3H3. The van der Waals surface area contributed by atoms with Crippen LogP contribution in [0.25, 0.3) is 0 Å². The van der Waals surface area contributed by atoms with Gasteiger partial charge in [0.1, 0.15) is 11.6 Å². The Kier molecular flexibility index (Phi) is 4.35. The van der Waals surface area contributed by atoms with E-state index in [1.165, 1.54) is 0 Å². The Morgan fingerprint density at radius 1 is 1.42 bits per heavy atom. The van der Waals surface area contributed by atoms with Gasteiger partial charge in [-0.2, -0.15) is 0 Å². The van der Waals surface area contributed by atoms with Crippen molar-refractivity contribution in [1.82, 2.24) is 14.9 Å². The van der Waals surface area contributed by atoms with Crippen LogP contribution < -0.4 is 4.90 Å². The molecule has 0 saturated carbocycles. The highest BCUT2D eigenvalue weighted by Crippen LogP contribution is 2.13. The summed E-state index contributed by atoms with van der Waals surface area (Å²) in [6.07, 6.45) is 2.61. The summed E-state index contributed by atoms with van der Waals surface area (Å²) in [5.74, 6) is 2.02. The number of likely N-dealkylation sites (N-methyl/N-ethyl adjacent to an activating group) is 1. The van der Waals surface area contributed by atoms with Crippen molar-refractivity contribution in [3.05, 3.63) is 17.6 Å². The molecule has 1 aliphatic heterocycles. The second-order valence-corrected chi connectivity index (χ2v) is 5.02. The van der Waals surface area contributed by atoms with Crippen LogP contribution in [0, 0.1) is 6.92 Å². The summed E-state index contributed by atoms with van der Waals surface area (Å²) < 4.78 is 0. The largest absolute Gasteiger partial charge is 0.358 e. The van der Waals surface area contributed by atoms with Crippen molar-refractivity contribution in [2.24, 2.45) is 0 Å². The van der Waals surface area contributed by atoms with Crippen molar-refractivity contribution in [1.29, 1.82) is 0 Å². The molecule has 0 atom stereocenters. The molecule has 0 aliphatic carbocycles. The molecule has 0 unspecified atom stereocenters. The molecule has 0 aromatic carbocycles. The molecule has 0 bridgehead atoms. The van der Waals surface area contributed by atoms with Gasteiger partial charge >= 0.3 is 0 Å². The normalized spacial score (nSPS) is 15.1. The molecule has 0 spiro atoms. The molecule has 19 heavy (non-hydrogen) atoms. The maximum Gasteiger partial charge on any atom is 0.222 e. The number of hydrogen-bond acceptors (Lipinski definition) is 4. The number of hydrogen-bond donors (Lipinski definition) is 0. The maximum absolute atomic E-state index is 11.6. The molecule has 104 valence electrons. The minimum absolute atomic E-state index is 0.279. The highest BCUT2D eigenvalue weighted by molar-refractivity contribution is 5.78. The monoisotopic (exact) mass is 262 g/mol. The predicted molar refractivity (Wildman–Crippen MR) is 75.2 cm³/mol. The number of carbonyl (C=O) groups excluding carboxylic acids is 1. The molecule has 0 N–H and O–H groups in total. The minimum Gasteiger partial charge on any atom is -0.358 e. The first kappa shape index (κ1) is 13.8. The first-order chi connectivity index (χ1) is 9.10. The lowest BCUT2D eigenvalue weighted by Gasteiger charge is -2.23. The van der Waals surface area contributed by atoms with E-state index in [4.69, 9.17) is 0 Å². The zero-order valence-electron chi connectivity index (χ0n) is 12.0. The van der Waals surface area contributed by atoms with Gasteiger partial charge < -0.3 is 9.80 Å². The van der Waals surface area contributed by atoms with E-state index >= 15 is 0 Å². The van der Waals surface area contributed by atoms with E-state index in [-0.39, 0.29) is 5.91 Å². The Morgan fingerprint density at radius 2 is 2.21 bits per heavy atom. The summed E-state index contributed by atoms with van der Waals surface area (Å²) in [5.41, 5.74) is 1.06. The minimum atomic E-state index is 0.279. The summed E-state index contributed by atoms with van der Waals surface area (Å²) in [5, 5.41) is 0. The smallest absolute Gasteiger partial charge is 0.222 e. The molecule has 1 aliphatic rings. The van der Waals surface area contributed by atoms with Crippen molar-refractivity contribution < 1.29 is 4.79 Å². The maximum atomic E-state index is 11.6. The van der Waals surface area contributed by atoms with Gasteiger partial charge in [0.25, 0.3) is 0 Å². The second kappa shape index (κ2) is 5.99. The van der Waals surface area contributed by atoms with Gasteiger partial charge in [-0.05, 0) is 19.8 Å². The van der Waals surface area contributed by atoms with Crippen LogP contribution in [-0.2, 0) is 11.2 Å². The van der Waals surface area contributed by atoms with E-state index in [0.717, 1.165) is 49.8 Å². The quantitative estimate of drug-likeness (QED) is 0.805. The number of likely N-dealkylation sites (tertiary alicyclic amines) is 1. The van der Waals surface area contributed by atoms with Crippen LogP contribution >= 0.6 is 0 Å². The Labute approximate surface area is 114 Å². The summed E-state index contributed by atoms with van der Waals surface area (Å²) in [6, 6.07) is 2.03. The van der Waals surface area contributed by atoms with Crippen molar-refractivity contribution in [2.45, 2.75) is 33.1 Å². The van der Waals surface area contributed by atoms with Crippen LogP contribution in [0.3, 0.4) is 0 Å². The van der Waals surface area contributed by atoms with E-state index in [1.54, 1.807) is 0 Å². The fourth-order valence-corrected chi connectivity index (χ4v) is 2.31.